The van der Waals surface area contributed by atoms with E-state index in [1.54, 1.807) is 0 Å². The van der Waals surface area contributed by atoms with E-state index in [0.717, 1.165) is 29.6 Å². The highest BCUT2D eigenvalue weighted by molar-refractivity contribution is 5.23. The first-order valence-electron chi connectivity index (χ1n) is 6.52. The zero-order valence-electron chi connectivity index (χ0n) is 9.42. The SMILES string of the molecule is NC(c1cccnc1)C1C2C3CCC(C3)C21. The normalized spacial score (nSPS) is 45.4. The zero-order chi connectivity index (χ0) is 10.7. The summed E-state index contributed by atoms with van der Waals surface area (Å²) in [4.78, 5) is 4.18. The fourth-order valence-electron chi connectivity index (χ4n) is 4.67. The number of nitrogens with zero attached hydrogens (tertiary/aromatic N) is 1. The third-order valence-electron chi connectivity index (χ3n) is 5.28. The van der Waals surface area contributed by atoms with Gasteiger partial charge in [0.2, 0.25) is 0 Å². The Morgan fingerprint density at radius 1 is 1.25 bits per heavy atom. The molecule has 0 saturated heterocycles. The predicted molar refractivity (Wildman–Crippen MR) is 62.5 cm³/mol. The maximum absolute atomic E-state index is 6.40. The molecule has 2 N–H and O–H groups in total. The largest absolute Gasteiger partial charge is 0.324 e. The lowest BCUT2D eigenvalue weighted by molar-refractivity contribution is 0.417. The molecule has 5 unspecified atom stereocenters. The average Bonchev–Trinajstić information content (AvgIpc) is 2.77. The van der Waals surface area contributed by atoms with Gasteiger partial charge in [-0.25, -0.2) is 0 Å². The van der Waals surface area contributed by atoms with Gasteiger partial charge >= 0.3 is 0 Å². The molecule has 2 nitrogen and oxygen atoms in total. The van der Waals surface area contributed by atoms with E-state index < -0.39 is 0 Å². The second-order valence-corrected chi connectivity index (χ2v) is 5.88. The first kappa shape index (κ1) is 9.17. The minimum Gasteiger partial charge on any atom is -0.324 e. The molecule has 1 heterocycles. The van der Waals surface area contributed by atoms with Gasteiger partial charge in [0.25, 0.3) is 0 Å². The van der Waals surface area contributed by atoms with Crippen molar-refractivity contribution in [2.24, 2.45) is 35.3 Å². The summed E-state index contributed by atoms with van der Waals surface area (Å²) in [6.45, 7) is 0. The van der Waals surface area contributed by atoms with Crippen molar-refractivity contribution in [2.75, 3.05) is 0 Å². The third-order valence-corrected chi connectivity index (χ3v) is 5.28. The van der Waals surface area contributed by atoms with E-state index >= 15 is 0 Å². The van der Waals surface area contributed by atoms with Gasteiger partial charge in [-0.3, -0.25) is 4.98 Å². The van der Waals surface area contributed by atoms with Crippen LogP contribution in [0.25, 0.3) is 0 Å². The Morgan fingerprint density at radius 3 is 2.62 bits per heavy atom. The van der Waals surface area contributed by atoms with Crippen LogP contribution in [0.15, 0.2) is 24.5 Å². The van der Waals surface area contributed by atoms with Gasteiger partial charge in [0, 0.05) is 18.4 Å². The zero-order valence-corrected chi connectivity index (χ0v) is 9.42. The van der Waals surface area contributed by atoms with Crippen molar-refractivity contribution < 1.29 is 0 Å². The molecule has 1 aromatic heterocycles. The molecule has 3 saturated carbocycles. The average molecular weight is 214 g/mol. The molecule has 0 aliphatic heterocycles. The molecule has 4 rings (SSSR count). The molecular formula is C14H18N2. The van der Waals surface area contributed by atoms with Gasteiger partial charge in [-0.05, 0) is 60.5 Å². The Hall–Kier alpha value is -0.890. The minimum atomic E-state index is 0.243. The van der Waals surface area contributed by atoms with Crippen molar-refractivity contribution in [2.45, 2.75) is 25.3 Å². The van der Waals surface area contributed by atoms with Crippen molar-refractivity contribution in [1.29, 1.82) is 0 Å². The Bertz CT molecular complexity index is 386. The number of hydrogen-bond acceptors (Lipinski definition) is 2. The van der Waals surface area contributed by atoms with Crippen LogP contribution in [0.1, 0.15) is 30.9 Å². The second kappa shape index (κ2) is 3.07. The highest BCUT2D eigenvalue weighted by Gasteiger charge is 2.66. The summed E-state index contributed by atoms with van der Waals surface area (Å²) in [7, 11) is 0. The number of fused-ring (bicyclic) bond motifs is 5. The molecular weight excluding hydrogens is 196 g/mol. The van der Waals surface area contributed by atoms with Crippen LogP contribution in [0.3, 0.4) is 0 Å². The lowest BCUT2D eigenvalue weighted by Crippen LogP contribution is -2.17. The molecule has 1 aromatic rings. The first-order chi connectivity index (χ1) is 7.86. The van der Waals surface area contributed by atoms with Crippen LogP contribution in [0.5, 0.6) is 0 Å². The van der Waals surface area contributed by atoms with Crippen LogP contribution < -0.4 is 5.73 Å². The second-order valence-electron chi connectivity index (χ2n) is 5.88. The van der Waals surface area contributed by atoms with E-state index in [4.69, 9.17) is 5.73 Å². The molecule has 2 bridgehead atoms. The Balaban J connectivity index is 1.57. The predicted octanol–water partition coefficient (Wildman–Crippen LogP) is 2.37. The molecule has 0 amide bonds. The molecule has 84 valence electrons. The van der Waals surface area contributed by atoms with Gasteiger partial charge in [0.1, 0.15) is 0 Å². The lowest BCUT2D eigenvalue weighted by atomic mass is 9.94. The molecule has 3 aliphatic carbocycles. The van der Waals surface area contributed by atoms with Crippen molar-refractivity contribution >= 4 is 0 Å². The highest BCUT2D eigenvalue weighted by Crippen LogP contribution is 2.71. The van der Waals surface area contributed by atoms with Crippen LogP contribution in [0.2, 0.25) is 0 Å². The van der Waals surface area contributed by atoms with Crippen LogP contribution in [0, 0.1) is 29.6 Å². The van der Waals surface area contributed by atoms with Crippen molar-refractivity contribution in [3.05, 3.63) is 30.1 Å². The molecule has 5 atom stereocenters. The van der Waals surface area contributed by atoms with E-state index in [9.17, 15) is 0 Å². The van der Waals surface area contributed by atoms with Crippen LogP contribution in [-0.2, 0) is 0 Å². The summed E-state index contributed by atoms with van der Waals surface area (Å²) >= 11 is 0. The highest BCUT2D eigenvalue weighted by atomic mass is 14.8. The Labute approximate surface area is 96.3 Å². The summed E-state index contributed by atoms with van der Waals surface area (Å²) in [5, 5.41) is 0. The fourth-order valence-corrected chi connectivity index (χ4v) is 4.67. The molecule has 0 radical (unpaired) electrons. The molecule has 3 aliphatic rings. The molecule has 3 fully saturated rings. The van der Waals surface area contributed by atoms with Gasteiger partial charge in [-0.1, -0.05) is 6.07 Å². The van der Waals surface area contributed by atoms with E-state index in [2.05, 4.69) is 11.1 Å². The molecule has 0 spiro atoms. The fraction of sp³-hybridized carbons (Fsp3) is 0.643. The number of rotatable bonds is 2. The van der Waals surface area contributed by atoms with Gasteiger partial charge in [0.05, 0.1) is 0 Å². The summed E-state index contributed by atoms with van der Waals surface area (Å²) in [5.74, 6) is 4.74. The minimum absolute atomic E-state index is 0.243. The molecule has 0 aromatic carbocycles. The monoisotopic (exact) mass is 214 g/mol. The standard InChI is InChI=1S/C14H18N2/c15-14(10-2-1-5-16-7-10)13-11-8-3-4-9(6-8)12(11)13/h1-2,5,7-9,11-14H,3-4,6,15H2. The quantitative estimate of drug-likeness (QED) is 0.821. The van der Waals surface area contributed by atoms with E-state index in [-0.39, 0.29) is 6.04 Å². The molecule has 16 heavy (non-hydrogen) atoms. The first-order valence-corrected chi connectivity index (χ1v) is 6.52. The van der Waals surface area contributed by atoms with E-state index in [1.807, 2.05) is 18.5 Å². The van der Waals surface area contributed by atoms with Crippen LogP contribution >= 0.6 is 0 Å². The third kappa shape index (κ3) is 1.08. The van der Waals surface area contributed by atoms with Gasteiger partial charge < -0.3 is 5.73 Å². The van der Waals surface area contributed by atoms with Crippen molar-refractivity contribution in [3.63, 3.8) is 0 Å². The Kier molecular flexibility index (Phi) is 1.76. The van der Waals surface area contributed by atoms with Gasteiger partial charge in [-0.15, -0.1) is 0 Å². The number of aromatic nitrogens is 1. The van der Waals surface area contributed by atoms with Gasteiger partial charge in [-0.2, -0.15) is 0 Å². The number of hydrogen-bond donors (Lipinski definition) is 1. The smallest absolute Gasteiger partial charge is 0.0344 e. The van der Waals surface area contributed by atoms with E-state index in [1.165, 1.54) is 24.8 Å². The van der Waals surface area contributed by atoms with Gasteiger partial charge in [0.15, 0.2) is 0 Å². The lowest BCUT2D eigenvalue weighted by Gasteiger charge is -2.15. The molecule has 2 heteroatoms. The maximum Gasteiger partial charge on any atom is 0.0344 e. The number of nitrogens with two attached hydrogens (primary N) is 1. The van der Waals surface area contributed by atoms with Crippen molar-refractivity contribution in [1.82, 2.24) is 4.98 Å². The summed E-state index contributed by atoms with van der Waals surface area (Å²) < 4.78 is 0. The number of pyridine rings is 1. The summed E-state index contributed by atoms with van der Waals surface area (Å²) in [5.41, 5.74) is 7.64. The van der Waals surface area contributed by atoms with E-state index in [0.29, 0.717) is 0 Å². The van der Waals surface area contributed by atoms with Crippen molar-refractivity contribution in [3.8, 4) is 0 Å². The topological polar surface area (TPSA) is 38.9 Å². The Morgan fingerprint density at radius 2 is 2.00 bits per heavy atom. The maximum atomic E-state index is 6.40. The summed E-state index contributed by atoms with van der Waals surface area (Å²) in [6, 6.07) is 4.38. The van der Waals surface area contributed by atoms with Crippen LogP contribution in [0.4, 0.5) is 0 Å². The summed E-state index contributed by atoms with van der Waals surface area (Å²) in [6.07, 6.45) is 8.23. The van der Waals surface area contributed by atoms with Crippen LogP contribution in [-0.4, -0.2) is 4.98 Å².